The highest BCUT2D eigenvalue weighted by Gasteiger charge is 2.08. The lowest BCUT2D eigenvalue weighted by Gasteiger charge is -2.04. The van der Waals surface area contributed by atoms with E-state index in [-0.39, 0.29) is 5.78 Å². The largest absolute Gasteiger partial charge is 0.293 e. The summed E-state index contributed by atoms with van der Waals surface area (Å²) in [6, 6.07) is 0. The molecule has 0 radical (unpaired) electrons. The second-order valence-corrected chi connectivity index (χ2v) is 3.25. The average molecular weight is 166 g/mol. The minimum Gasteiger partial charge on any atom is -0.293 e. The topological polar surface area (TPSA) is 17.1 Å². The number of carbonyl (C=O) groups is 1. The van der Waals surface area contributed by atoms with Gasteiger partial charge in [-0.2, -0.15) is 0 Å². The molecule has 0 saturated carbocycles. The molecule has 1 rings (SSSR count). The molecular weight excluding hydrogens is 156 g/mol. The molecule has 0 heterocycles. The Hall–Kier alpha value is -0.760. The Morgan fingerprint density at radius 2 is 2.55 bits per heavy atom. The highest BCUT2D eigenvalue weighted by atomic mass is 32.2. The molecule has 0 aliphatic heterocycles. The van der Waals surface area contributed by atoms with Crippen LogP contribution in [0, 0.1) is 0 Å². The molecule has 0 N–H and O–H groups in total. The van der Waals surface area contributed by atoms with Gasteiger partial charge in [0.25, 0.3) is 0 Å². The van der Waals surface area contributed by atoms with Gasteiger partial charge in [0, 0.05) is 12.2 Å². The van der Waals surface area contributed by atoms with Crippen LogP contribution in [0.25, 0.3) is 0 Å². The fourth-order valence-electron chi connectivity index (χ4n) is 0.801. The molecule has 0 bridgehead atoms. The molecule has 2 heteroatoms. The highest BCUT2D eigenvalue weighted by Crippen LogP contribution is 2.20. The molecule has 1 aliphatic rings. The zero-order chi connectivity index (χ0) is 8.10. The van der Waals surface area contributed by atoms with Crippen LogP contribution in [-0.2, 0) is 4.79 Å². The van der Waals surface area contributed by atoms with Crippen LogP contribution in [0.5, 0.6) is 0 Å². The number of thioether (sulfide) groups is 1. The number of allylic oxidation sites excluding steroid dienone is 4. The van der Waals surface area contributed by atoms with Crippen molar-refractivity contribution in [3.8, 4) is 0 Å². The van der Waals surface area contributed by atoms with E-state index >= 15 is 0 Å². The molecule has 0 spiro atoms. The van der Waals surface area contributed by atoms with E-state index in [2.05, 4.69) is 6.58 Å². The van der Waals surface area contributed by atoms with Crippen molar-refractivity contribution in [2.75, 3.05) is 5.75 Å². The van der Waals surface area contributed by atoms with E-state index in [1.807, 2.05) is 18.2 Å². The number of ketones is 1. The molecule has 0 fully saturated rings. The van der Waals surface area contributed by atoms with Gasteiger partial charge in [-0.1, -0.05) is 18.2 Å². The lowest BCUT2D eigenvalue weighted by atomic mass is 10.2. The number of hydrogen-bond donors (Lipinski definition) is 0. The van der Waals surface area contributed by atoms with Gasteiger partial charge < -0.3 is 0 Å². The van der Waals surface area contributed by atoms with Gasteiger partial charge in [0.1, 0.15) is 0 Å². The molecule has 1 nitrogen and oxygen atoms in total. The van der Waals surface area contributed by atoms with E-state index in [1.54, 1.807) is 17.8 Å². The molecule has 0 aromatic carbocycles. The van der Waals surface area contributed by atoms with E-state index < -0.39 is 0 Å². The van der Waals surface area contributed by atoms with Gasteiger partial charge in [0.05, 0.1) is 4.91 Å². The smallest absolute Gasteiger partial charge is 0.172 e. The molecular formula is C9H10OS. The first-order chi connectivity index (χ1) is 5.34. The van der Waals surface area contributed by atoms with Crippen molar-refractivity contribution in [2.45, 2.75) is 6.42 Å². The van der Waals surface area contributed by atoms with Crippen molar-refractivity contribution in [3.05, 3.63) is 35.8 Å². The second kappa shape index (κ2) is 4.19. The Labute approximate surface area is 70.9 Å². The summed E-state index contributed by atoms with van der Waals surface area (Å²) in [7, 11) is 0. The Morgan fingerprint density at radius 1 is 1.73 bits per heavy atom. The first kappa shape index (κ1) is 8.34. The highest BCUT2D eigenvalue weighted by molar-refractivity contribution is 8.04. The summed E-state index contributed by atoms with van der Waals surface area (Å²) in [4.78, 5) is 12.0. The fraction of sp³-hybridized carbons (Fsp3) is 0.222. The van der Waals surface area contributed by atoms with Gasteiger partial charge in [0.15, 0.2) is 5.78 Å². The zero-order valence-electron chi connectivity index (χ0n) is 6.25. The minimum absolute atomic E-state index is 0.222. The lowest BCUT2D eigenvalue weighted by Crippen LogP contribution is -2.00. The van der Waals surface area contributed by atoms with E-state index in [1.165, 1.54) is 0 Å². The molecule has 11 heavy (non-hydrogen) atoms. The normalized spacial score (nSPS) is 16.4. The van der Waals surface area contributed by atoms with E-state index in [0.29, 0.717) is 6.42 Å². The number of Topliss-reactive ketones (excluding diaryl/α,β-unsaturated/α-hetero) is 1. The molecule has 1 aliphatic carbocycles. The Balaban J connectivity index is 2.53. The van der Waals surface area contributed by atoms with Crippen LogP contribution >= 0.6 is 11.8 Å². The lowest BCUT2D eigenvalue weighted by molar-refractivity contribution is -0.114. The third kappa shape index (κ3) is 2.39. The quantitative estimate of drug-likeness (QED) is 0.598. The maximum absolute atomic E-state index is 11.1. The summed E-state index contributed by atoms with van der Waals surface area (Å²) in [5, 5.41) is 0. The van der Waals surface area contributed by atoms with Crippen LogP contribution in [0.2, 0.25) is 0 Å². The zero-order valence-corrected chi connectivity index (χ0v) is 7.06. The third-order valence-electron chi connectivity index (χ3n) is 1.32. The number of hydrogen-bond acceptors (Lipinski definition) is 2. The number of rotatable bonds is 3. The van der Waals surface area contributed by atoms with Crippen LogP contribution in [0.4, 0.5) is 0 Å². The van der Waals surface area contributed by atoms with Crippen LogP contribution in [0.1, 0.15) is 6.42 Å². The summed E-state index contributed by atoms with van der Waals surface area (Å²) >= 11 is 1.55. The second-order valence-electron chi connectivity index (χ2n) is 2.19. The Morgan fingerprint density at radius 3 is 3.18 bits per heavy atom. The monoisotopic (exact) mass is 166 g/mol. The summed E-state index contributed by atoms with van der Waals surface area (Å²) in [6.45, 7) is 3.59. The first-order valence-electron chi connectivity index (χ1n) is 3.48. The maximum atomic E-state index is 11.1. The molecule has 0 amide bonds. The standard InChI is InChI=1S/C9H10OS/c1-2-7-11-9-6-4-3-5-8(9)10/h2-4,6H,1,5,7H2. The van der Waals surface area contributed by atoms with Crippen molar-refractivity contribution in [1.29, 1.82) is 0 Å². The number of carbonyl (C=O) groups excluding carboxylic acids is 1. The van der Waals surface area contributed by atoms with Gasteiger partial charge in [-0.3, -0.25) is 4.79 Å². The van der Waals surface area contributed by atoms with Gasteiger partial charge >= 0.3 is 0 Å². The average Bonchev–Trinajstić information content (AvgIpc) is 2.03. The van der Waals surface area contributed by atoms with Gasteiger partial charge in [-0.25, -0.2) is 0 Å². The van der Waals surface area contributed by atoms with Crippen molar-refractivity contribution in [1.82, 2.24) is 0 Å². The molecule has 0 aromatic heterocycles. The van der Waals surface area contributed by atoms with Crippen molar-refractivity contribution < 1.29 is 4.79 Å². The van der Waals surface area contributed by atoms with Gasteiger partial charge in [-0.05, 0) is 6.08 Å². The van der Waals surface area contributed by atoms with Crippen molar-refractivity contribution in [2.24, 2.45) is 0 Å². The predicted octanol–water partition coefficient (Wildman–Crippen LogP) is 2.32. The molecule has 0 atom stereocenters. The van der Waals surface area contributed by atoms with Crippen molar-refractivity contribution in [3.63, 3.8) is 0 Å². The van der Waals surface area contributed by atoms with Crippen LogP contribution < -0.4 is 0 Å². The van der Waals surface area contributed by atoms with E-state index in [4.69, 9.17) is 0 Å². The molecule has 0 aromatic rings. The molecule has 0 saturated heterocycles. The fourth-order valence-corrected chi connectivity index (χ4v) is 1.52. The summed E-state index contributed by atoms with van der Waals surface area (Å²) in [5.74, 6) is 1.03. The molecule has 0 unspecified atom stereocenters. The van der Waals surface area contributed by atoms with Crippen LogP contribution in [0.3, 0.4) is 0 Å². The SMILES string of the molecule is C=CCSC1=CC=CCC1=O. The molecule has 58 valence electrons. The van der Waals surface area contributed by atoms with Crippen LogP contribution in [0.15, 0.2) is 35.8 Å². The summed E-state index contributed by atoms with van der Waals surface area (Å²) in [5.41, 5.74) is 0. The summed E-state index contributed by atoms with van der Waals surface area (Å²) < 4.78 is 0. The van der Waals surface area contributed by atoms with Crippen molar-refractivity contribution >= 4 is 17.5 Å². The van der Waals surface area contributed by atoms with Crippen LogP contribution in [-0.4, -0.2) is 11.5 Å². The van der Waals surface area contributed by atoms with Gasteiger partial charge in [-0.15, -0.1) is 18.3 Å². The maximum Gasteiger partial charge on any atom is 0.172 e. The summed E-state index contributed by atoms with van der Waals surface area (Å²) in [6.07, 6.45) is 8.01. The van der Waals surface area contributed by atoms with E-state index in [9.17, 15) is 4.79 Å². The first-order valence-corrected chi connectivity index (χ1v) is 4.47. The third-order valence-corrected chi connectivity index (χ3v) is 2.40. The van der Waals surface area contributed by atoms with Gasteiger partial charge in [0.2, 0.25) is 0 Å². The minimum atomic E-state index is 0.222. The van der Waals surface area contributed by atoms with E-state index in [0.717, 1.165) is 10.7 Å². The Kier molecular flexibility index (Phi) is 3.17. The predicted molar refractivity (Wildman–Crippen MR) is 49.5 cm³/mol. The Bertz CT molecular complexity index is 226.